The smallest absolute Gasteiger partial charge is 0.271 e. The third-order valence-electron chi connectivity index (χ3n) is 4.16. The second-order valence-electron chi connectivity index (χ2n) is 6.07. The highest BCUT2D eigenvalue weighted by molar-refractivity contribution is 7.90. The van der Waals surface area contributed by atoms with E-state index in [9.17, 15) is 23.3 Å². The molecule has 1 amide bonds. The zero-order valence-corrected chi connectivity index (χ0v) is 15.5. The largest absolute Gasteiger partial charge is 0.348 e. The van der Waals surface area contributed by atoms with Gasteiger partial charge in [0.1, 0.15) is 0 Å². The lowest BCUT2D eigenvalue weighted by Gasteiger charge is -2.08. The van der Waals surface area contributed by atoms with Gasteiger partial charge in [0.2, 0.25) is 0 Å². The first-order valence-electron chi connectivity index (χ1n) is 8.09. The topological polar surface area (TPSA) is 111 Å². The molecule has 0 saturated heterocycles. The van der Waals surface area contributed by atoms with Crippen molar-refractivity contribution in [2.24, 2.45) is 0 Å². The van der Waals surface area contributed by atoms with Crippen LogP contribution in [0.4, 0.5) is 11.4 Å². The number of aryl methyl sites for hydroxylation is 1. The zero-order valence-electron chi connectivity index (χ0n) is 14.7. The molecule has 27 heavy (non-hydrogen) atoms. The van der Waals surface area contributed by atoms with E-state index in [-0.39, 0.29) is 10.5 Å². The van der Waals surface area contributed by atoms with Crippen molar-refractivity contribution < 1.29 is 18.1 Å². The van der Waals surface area contributed by atoms with Crippen LogP contribution >= 0.6 is 0 Å². The molecule has 0 spiro atoms. The number of fused-ring (bicyclic) bond motifs is 1. The number of benzene rings is 2. The number of non-ortho nitro benzene ring substituents is 1. The summed E-state index contributed by atoms with van der Waals surface area (Å²) in [6.07, 6.45) is 2.87. The summed E-state index contributed by atoms with van der Waals surface area (Å²) < 4.78 is 25.6. The summed E-state index contributed by atoms with van der Waals surface area (Å²) in [6.45, 7) is 2.84. The Kier molecular flexibility index (Phi) is 4.71. The van der Waals surface area contributed by atoms with Gasteiger partial charge in [-0.2, -0.15) is 0 Å². The van der Waals surface area contributed by atoms with Gasteiger partial charge in [-0.3, -0.25) is 14.9 Å². The number of nitro groups is 1. The molecule has 0 bridgehead atoms. The van der Waals surface area contributed by atoms with Gasteiger partial charge in [-0.25, -0.2) is 8.42 Å². The summed E-state index contributed by atoms with van der Waals surface area (Å²) in [5.74, 6) is -0.627. The van der Waals surface area contributed by atoms with Gasteiger partial charge in [0.05, 0.1) is 9.82 Å². The number of amides is 1. The molecule has 2 aromatic carbocycles. The van der Waals surface area contributed by atoms with E-state index in [2.05, 4.69) is 9.88 Å². The molecule has 0 fully saturated rings. The maximum atomic E-state index is 12.5. The summed E-state index contributed by atoms with van der Waals surface area (Å²) >= 11 is 0. The number of carbonyl (C=O) groups excluding carboxylic acids is 1. The Bertz CT molecular complexity index is 1160. The highest BCUT2D eigenvalue weighted by Gasteiger charge is 2.19. The van der Waals surface area contributed by atoms with Crippen LogP contribution in [0.1, 0.15) is 17.3 Å². The summed E-state index contributed by atoms with van der Waals surface area (Å²) in [4.78, 5) is 22.6. The lowest BCUT2D eigenvalue weighted by molar-refractivity contribution is -0.385. The Morgan fingerprint density at radius 3 is 2.56 bits per heavy atom. The number of sulfone groups is 1. The third-order valence-corrected chi connectivity index (χ3v) is 5.25. The molecule has 0 aliphatic rings. The van der Waals surface area contributed by atoms with Gasteiger partial charge in [-0.1, -0.05) is 0 Å². The molecule has 0 radical (unpaired) electrons. The van der Waals surface area contributed by atoms with Crippen LogP contribution in [-0.4, -0.2) is 30.1 Å². The first kappa shape index (κ1) is 18.6. The van der Waals surface area contributed by atoms with E-state index in [1.54, 1.807) is 12.1 Å². The highest BCUT2D eigenvalue weighted by Crippen LogP contribution is 2.24. The van der Waals surface area contributed by atoms with E-state index < -0.39 is 26.4 Å². The van der Waals surface area contributed by atoms with Crippen molar-refractivity contribution in [3.05, 3.63) is 64.3 Å². The van der Waals surface area contributed by atoms with E-state index in [1.807, 2.05) is 25.3 Å². The number of hydrogen-bond acceptors (Lipinski definition) is 5. The van der Waals surface area contributed by atoms with E-state index in [0.29, 0.717) is 5.69 Å². The zero-order chi connectivity index (χ0) is 19.8. The number of hydrogen-bond donors (Lipinski definition) is 1. The molecule has 3 rings (SSSR count). The van der Waals surface area contributed by atoms with Gasteiger partial charge in [0.25, 0.3) is 11.6 Å². The summed E-state index contributed by atoms with van der Waals surface area (Å²) in [7, 11) is -3.70. The van der Waals surface area contributed by atoms with Gasteiger partial charge in [0.15, 0.2) is 9.84 Å². The fourth-order valence-corrected chi connectivity index (χ4v) is 3.47. The van der Waals surface area contributed by atoms with E-state index in [0.717, 1.165) is 41.9 Å². The first-order chi connectivity index (χ1) is 12.7. The number of rotatable bonds is 5. The van der Waals surface area contributed by atoms with Crippen LogP contribution in [-0.2, 0) is 16.4 Å². The van der Waals surface area contributed by atoms with E-state index in [1.165, 1.54) is 0 Å². The van der Waals surface area contributed by atoms with Crippen molar-refractivity contribution in [1.29, 1.82) is 0 Å². The molecule has 1 aromatic heterocycles. The van der Waals surface area contributed by atoms with Crippen LogP contribution in [0.15, 0.2) is 53.6 Å². The van der Waals surface area contributed by atoms with Gasteiger partial charge >= 0.3 is 0 Å². The predicted octanol–water partition coefficient (Wildman–Crippen LogP) is 3.23. The molecule has 9 heteroatoms. The molecular weight excluding hydrogens is 370 g/mol. The Morgan fingerprint density at radius 1 is 1.19 bits per heavy atom. The molecule has 1 N–H and O–H groups in total. The third kappa shape index (κ3) is 3.82. The summed E-state index contributed by atoms with van der Waals surface area (Å²) in [5.41, 5.74) is 0.966. The summed E-state index contributed by atoms with van der Waals surface area (Å²) in [6, 6.07) is 10.4. The van der Waals surface area contributed by atoms with Crippen LogP contribution in [0.5, 0.6) is 0 Å². The van der Waals surface area contributed by atoms with Crippen molar-refractivity contribution in [2.75, 3.05) is 11.6 Å². The lowest BCUT2D eigenvalue weighted by Crippen LogP contribution is -2.13. The normalized spacial score (nSPS) is 11.5. The molecule has 140 valence electrons. The van der Waals surface area contributed by atoms with Gasteiger partial charge < -0.3 is 9.88 Å². The molecule has 0 saturated carbocycles. The monoisotopic (exact) mass is 387 g/mol. The number of nitrogens with one attached hydrogen (secondary N) is 1. The van der Waals surface area contributed by atoms with Gasteiger partial charge in [-0.15, -0.1) is 0 Å². The molecule has 0 atom stereocenters. The molecule has 0 aliphatic heterocycles. The van der Waals surface area contributed by atoms with Crippen LogP contribution < -0.4 is 5.32 Å². The fraction of sp³-hybridized carbons (Fsp3) is 0.167. The van der Waals surface area contributed by atoms with E-state index in [4.69, 9.17) is 0 Å². The minimum atomic E-state index is -3.70. The van der Waals surface area contributed by atoms with Crippen molar-refractivity contribution >= 4 is 38.0 Å². The number of aromatic nitrogens is 1. The number of nitrogens with zero attached hydrogens (tertiary/aromatic N) is 2. The molecule has 0 unspecified atom stereocenters. The lowest BCUT2D eigenvalue weighted by atomic mass is 10.1. The standard InChI is InChI=1S/C18H17N3O5S/c1-3-20-7-6-12-8-14(4-5-17(12)20)19-18(22)13-9-15(21(23)24)11-16(10-13)27(2,25)26/h4-11H,3H2,1-2H3,(H,19,22). The molecular formula is C18H17N3O5S. The highest BCUT2D eigenvalue weighted by atomic mass is 32.2. The average Bonchev–Trinajstić information content (AvgIpc) is 3.02. The Hall–Kier alpha value is -3.20. The Balaban J connectivity index is 1.96. The van der Waals surface area contributed by atoms with Gasteiger partial charge in [-0.05, 0) is 37.3 Å². The first-order valence-corrected chi connectivity index (χ1v) is 9.98. The Morgan fingerprint density at radius 2 is 1.93 bits per heavy atom. The predicted molar refractivity (Wildman–Crippen MR) is 102 cm³/mol. The van der Waals surface area contributed by atoms with Crippen LogP contribution in [0.2, 0.25) is 0 Å². The minimum absolute atomic E-state index is 0.101. The maximum absolute atomic E-state index is 12.5. The maximum Gasteiger partial charge on any atom is 0.271 e. The molecule has 8 nitrogen and oxygen atoms in total. The van der Waals surface area contributed by atoms with E-state index >= 15 is 0 Å². The Labute approximate surface area is 155 Å². The second kappa shape index (κ2) is 6.84. The SMILES string of the molecule is CCn1ccc2cc(NC(=O)c3cc([N+](=O)[O-])cc(S(C)(=O)=O)c3)ccc21. The molecule has 0 aliphatic carbocycles. The summed E-state index contributed by atoms with van der Waals surface area (Å²) in [5, 5.41) is 14.7. The molecule has 3 aromatic rings. The van der Waals surface area contributed by atoms with Crippen molar-refractivity contribution in [2.45, 2.75) is 18.4 Å². The number of nitro benzene ring substituents is 1. The van der Waals surface area contributed by atoms with Crippen molar-refractivity contribution in [3.8, 4) is 0 Å². The van der Waals surface area contributed by atoms with Crippen molar-refractivity contribution in [1.82, 2.24) is 4.57 Å². The van der Waals surface area contributed by atoms with Crippen LogP contribution in [0.25, 0.3) is 10.9 Å². The van der Waals surface area contributed by atoms with Crippen molar-refractivity contribution in [3.63, 3.8) is 0 Å². The van der Waals surface area contributed by atoms with Crippen LogP contribution in [0.3, 0.4) is 0 Å². The molecule has 1 heterocycles. The number of carbonyl (C=O) groups is 1. The average molecular weight is 387 g/mol. The second-order valence-corrected chi connectivity index (χ2v) is 8.09. The number of anilines is 1. The van der Waals surface area contributed by atoms with Crippen LogP contribution in [0, 0.1) is 10.1 Å². The minimum Gasteiger partial charge on any atom is -0.348 e. The quantitative estimate of drug-likeness (QED) is 0.534. The van der Waals surface area contributed by atoms with Gasteiger partial charge in [0, 0.05) is 53.3 Å². The fourth-order valence-electron chi connectivity index (χ4n) is 2.79.